The van der Waals surface area contributed by atoms with Crippen molar-refractivity contribution in [1.29, 1.82) is 0 Å². The number of benzene rings is 1. The van der Waals surface area contributed by atoms with Gasteiger partial charge in [0.2, 0.25) is 5.95 Å². The molecule has 0 spiro atoms. The van der Waals surface area contributed by atoms with E-state index in [0.29, 0.717) is 17.4 Å². The van der Waals surface area contributed by atoms with Gasteiger partial charge in [0.1, 0.15) is 17.5 Å². The summed E-state index contributed by atoms with van der Waals surface area (Å²) in [7, 11) is 1.94. The molecule has 0 atom stereocenters. The maximum Gasteiger partial charge on any atom is 0.223 e. The lowest BCUT2D eigenvalue weighted by atomic mass is 10.1. The van der Waals surface area contributed by atoms with Crippen molar-refractivity contribution in [2.75, 3.05) is 36.1 Å². The van der Waals surface area contributed by atoms with Gasteiger partial charge in [-0.05, 0) is 37.7 Å². The summed E-state index contributed by atoms with van der Waals surface area (Å²) in [6.07, 6.45) is 0. The summed E-state index contributed by atoms with van der Waals surface area (Å²) in [6.45, 7) is 3.50. The van der Waals surface area contributed by atoms with Gasteiger partial charge in [-0.2, -0.15) is 9.97 Å². The molecular weight excluding hydrogens is 283 g/mol. The Kier molecular flexibility index (Phi) is 3.81. The van der Waals surface area contributed by atoms with Gasteiger partial charge in [0, 0.05) is 30.9 Å². The lowest BCUT2D eigenvalue weighted by Gasteiger charge is -2.40. The Morgan fingerprint density at radius 2 is 2.05 bits per heavy atom. The van der Waals surface area contributed by atoms with E-state index < -0.39 is 0 Å². The van der Waals surface area contributed by atoms with Crippen molar-refractivity contribution in [2.45, 2.75) is 13.0 Å². The lowest BCUT2D eigenvalue weighted by molar-refractivity contribution is 0.447. The second-order valence-corrected chi connectivity index (χ2v) is 5.45. The number of hydrogen-bond donors (Lipinski definition) is 3. The summed E-state index contributed by atoms with van der Waals surface area (Å²) in [5.74, 6) is 1.38. The number of rotatable bonds is 4. The van der Waals surface area contributed by atoms with Gasteiger partial charge in [-0.15, -0.1) is 0 Å². The molecule has 3 rings (SSSR count). The Bertz CT molecular complexity index is 684. The zero-order valence-electron chi connectivity index (χ0n) is 12.6. The minimum Gasteiger partial charge on any atom is -0.368 e. The number of likely N-dealkylation sites (N-methyl/N-ethyl adjacent to an activating group) is 1. The van der Waals surface area contributed by atoms with E-state index in [4.69, 9.17) is 5.73 Å². The molecule has 0 unspecified atom stereocenters. The molecule has 1 saturated heterocycles. The van der Waals surface area contributed by atoms with Crippen LogP contribution in [0.1, 0.15) is 5.56 Å². The van der Waals surface area contributed by atoms with Crippen LogP contribution in [0, 0.1) is 12.7 Å². The summed E-state index contributed by atoms with van der Waals surface area (Å²) < 4.78 is 13.3. The van der Waals surface area contributed by atoms with E-state index >= 15 is 0 Å². The third-order valence-electron chi connectivity index (χ3n) is 3.77. The molecule has 7 heteroatoms. The van der Waals surface area contributed by atoms with Crippen molar-refractivity contribution in [3.8, 4) is 0 Å². The van der Waals surface area contributed by atoms with Gasteiger partial charge < -0.3 is 21.3 Å². The van der Waals surface area contributed by atoms with Crippen molar-refractivity contribution in [1.82, 2.24) is 15.3 Å². The molecule has 2 heterocycles. The summed E-state index contributed by atoms with van der Waals surface area (Å²) in [5.41, 5.74) is 7.13. The van der Waals surface area contributed by atoms with Crippen LogP contribution in [0.25, 0.3) is 0 Å². The molecule has 116 valence electrons. The van der Waals surface area contributed by atoms with E-state index in [1.54, 1.807) is 19.1 Å². The van der Waals surface area contributed by atoms with Crippen LogP contribution in [0.4, 0.5) is 27.7 Å². The third-order valence-corrected chi connectivity index (χ3v) is 3.77. The second-order valence-electron chi connectivity index (χ2n) is 5.45. The third kappa shape index (κ3) is 2.94. The Labute approximate surface area is 128 Å². The molecular formula is C15H19FN6. The maximum absolute atomic E-state index is 13.3. The van der Waals surface area contributed by atoms with Crippen molar-refractivity contribution in [2.24, 2.45) is 0 Å². The molecule has 2 aromatic rings. The molecule has 0 saturated carbocycles. The highest BCUT2D eigenvalue weighted by Crippen LogP contribution is 2.24. The molecule has 6 nitrogen and oxygen atoms in total. The zero-order chi connectivity index (χ0) is 15.7. The van der Waals surface area contributed by atoms with E-state index in [-0.39, 0.29) is 11.8 Å². The molecule has 0 bridgehead atoms. The minimum atomic E-state index is -0.230. The fraction of sp³-hybridized carbons (Fsp3) is 0.333. The first-order chi connectivity index (χ1) is 10.5. The monoisotopic (exact) mass is 302 g/mol. The average molecular weight is 302 g/mol. The molecule has 4 N–H and O–H groups in total. The summed E-state index contributed by atoms with van der Waals surface area (Å²) in [4.78, 5) is 10.6. The normalized spacial score (nSPS) is 14.8. The highest BCUT2D eigenvalue weighted by atomic mass is 19.1. The number of nitrogens with two attached hydrogens (primary N) is 1. The van der Waals surface area contributed by atoms with Crippen molar-refractivity contribution >= 4 is 23.3 Å². The van der Waals surface area contributed by atoms with E-state index in [0.717, 1.165) is 24.6 Å². The zero-order valence-corrected chi connectivity index (χ0v) is 12.6. The van der Waals surface area contributed by atoms with Gasteiger partial charge in [-0.1, -0.05) is 0 Å². The van der Waals surface area contributed by atoms with Gasteiger partial charge in [-0.25, -0.2) is 4.39 Å². The second kappa shape index (κ2) is 5.76. The number of aryl methyl sites for hydroxylation is 1. The fourth-order valence-corrected chi connectivity index (χ4v) is 2.40. The molecule has 1 aromatic carbocycles. The van der Waals surface area contributed by atoms with Crippen LogP contribution >= 0.6 is 0 Å². The molecule has 0 aliphatic carbocycles. The molecule has 1 aliphatic heterocycles. The number of anilines is 4. The first-order valence-corrected chi connectivity index (χ1v) is 7.15. The first kappa shape index (κ1) is 14.5. The molecule has 1 aromatic heterocycles. The lowest BCUT2D eigenvalue weighted by Crippen LogP contribution is -2.57. The Morgan fingerprint density at radius 1 is 1.27 bits per heavy atom. The number of nitrogen functional groups attached to an aromatic ring is 1. The highest BCUT2D eigenvalue weighted by molar-refractivity contribution is 5.62. The van der Waals surface area contributed by atoms with E-state index in [2.05, 4.69) is 25.5 Å². The van der Waals surface area contributed by atoms with Crippen molar-refractivity contribution in [3.63, 3.8) is 0 Å². The van der Waals surface area contributed by atoms with Gasteiger partial charge in [0.25, 0.3) is 0 Å². The van der Waals surface area contributed by atoms with Crippen LogP contribution in [0.15, 0.2) is 24.3 Å². The molecule has 0 amide bonds. The number of aromatic nitrogens is 2. The van der Waals surface area contributed by atoms with Crippen LogP contribution in [0.5, 0.6) is 0 Å². The average Bonchev–Trinajstić information content (AvgIpc) is 2.41. The summed E-state index contributed by atoms with van der Waals surface area (Å²) in [5, 5.41) is 6.36. The van der Waals surface area contributed by atoms with Crippen LogP contribution in [-0.2, 0) is 0 Å². The molecule has 1 aliphatic rings. The van der Waals surface area contributed by atoms with E-state index in [1.807, 2.05) is 13.1 Å². The minimum absolute atomic E-state index is 0.215. The first-order valence-electron chi connectivity index (χ1n) is 7.15. The van der Waals surface area contributed by atoms with Crippen LogP contribution in [0.3, 0.4) is 0 Å². The number of halogens is 1. The Balaban J connectivity index is 1.79. The van der Waals surface area contributed by atoms with Crippen LogP contribution < -0.4 is 21.3 Å². The number of nitrogens with zero attached hydrogens (tertiary/aromatic N) is 3. The smallest absolute Gasteiger partial charge is 0.223 e. The van der Waals surface area contributed by atoms with Gasteiger partial charge in [0.05, 0.1) is 0 Å². The van der Waals surface area contributed by atoms with Gasteiger partial charge >= 0.3 is 0 Å². The maximum atomic E-state index is 13.3. The number of nitrogens with one attached hydrogen (secondary N) is 2. The molecule has 0 radical (unpaired) electrons. The summed E-state index contributed by atoms with van der Waals surface area (Å²) in [6, 6.07) is 7.15. The Morgan fingerprint density at radius 3 is 2.73 bits per heavy atom. The molecule has 1 fully saturated rings. The SMILES string of the molecule is CNC1CN(c2cc(Nc3ccc(F)c(C)c3)nc(N)n2)C1. The van der Waals surface area contributed by atoms with Crippen molar-refractivity contribution in [3.05, 3.63) is 35.6 Å². The molecule has 22 heavy (non-hydrogen) atoms. The van der Waals surface area contributed by atoms with Crippen LogP contribution in [0.2, 0.25) is 0 Å². The van der Waals surface area contributed by atoms with Crippen molar-refractivity contribution < 1.29 is 4.39 Å². The van der Waals surface area contributed by atoms with Gasteiger partial charge in [-0.3, -0.25) is 0 Å². The summed E-state index contributed by atoms with van der Waals surface area (Å²) >= 11 is 0. The standard InChI is InChI=1S/C15H19FN6/c1-9-5-10(3-4-12(9)16)19-13-6-14(21-15(17)20-13)22-7-11(8-22)18-2/h3-6,11,18H,7-8H2,1-2H3,(H3,17,19,20,21). The predicted molar refractivity (Wildman–Crippen MR) is 85.9 cm³/mol. The van der Waals surface area contributed by atoms with E-state index in [9.17, 15) is 4.39 Å². The largest absolute Gasteiger partial charge is 0.368 e. The topological polar surface area (TPSA) is 79.1 Å². The number of hydrogen-bond acceptors (Lipinski definition) is 6. The predicted octanol–water partition coefficient (Wildman–Crippen LogP) is 1.66. The fourth-order valence-electron chi connectivity index (χ4n) is 2.40. The van der Waals surface area contributed by atoms with Crippen LogP contribution in [-0.4, -0.2) is 36.1 Å². The Hall–Kier alpha value is -2.41. The quantitative estimate of drug-likeness (QED) is 0.797. The van der Waals surface area contributed by atoms with Gasteiger partial charge in [0.15, 0.2) is 0 Å². The highest BCUT2D eigenvalue weighted by Gasteiger charge is 2.26. The van der Waals surface area contributed by atoms with E-state index in [1.165, 1.54) is 6.07 Å².